The van der Waals surface area contributed by atoms with Crippen LogP contribution in [0.3, 0.4) is 0 Å². The fourth-order valence-electron chi connectivity index (χ4n) is 2.63. The maximum Gasteiger partial charge on any atom is 0.338 e. The van der Waals surface area contributed by atoms with E-state index in [4.69, 9.17) is 28.7 Å². The third-order valence-corrected chi connectivity index (χ3v) is 4.80. The van der Waals surface area contributed by atoms with Crippen LogP contribution in [0, 0.1) is 0 Å². The number of imide groups is 1. The molecule has 0 rings (SSSR count). The summed E-state index contributed by atoms with van der Waals surface area (Å²) in [7, 11) is 0. The van der Waals surface area contributed by atoms with Crippen molar-refractivity contribution in [3.8, 4) is 0 Å². The second kappa shape index (κ2) is 12.5. The van der Waals surface area contributed by atoms with Gasteiger partial charge < -0.3 is 44.0 Å². The quantitative estimate of drug-likeness (QED) is 0.0826. The molecule has 0 aliphatic carbocycles. The number of amides is 3. The zero-order valence-electron chi connectivity index (χ0n) is 16.9. The zero-order valence-corrected chi connectivity index (χ0v) is 17.8. The Morgan fingerprint density at radius 1 is 0.844 bits per heavy atom. The number of hydrogen-bond donors (Lipinski definition) is 9. The molecular formula is C16H28N6O9S. The molecule has 16 heteroatoms. The highest BCUT2D eigenvalue weighted by atomic mass is 32.1. The number of rotatable bonds is 14. The molecule has 0 radical (unpaired) electrons. The van der Waals surface area contributed by atoms with Crippen molar-refractivity contribution in [3.05, 3.63) is 0 Å². The number of carboxylic acids is 1. The normalized spacial score (nSPS) is 16.7. The maximum absolute atomic E-state index is 13.0. The molecule has 0 saturated carbocycles. The van der Waals surface area contributed by atoms with Gasteiger partial charge in [0.25, 0.3) is 0 Å². The highest BCUT2D eigenvalue weighted by Crippen LogP contribution is 2.27. The molecule has 0 aromatic rings. The number of nitrogens with zero attached hydrogens (tertiary/aromatic N) is 1. The number of carbonyl (C=O) groups is 6. The van der Waals surface area contributed by atoms with Crippen molar-refractivity contribution >= 4 is 47.9 Å². The summed E-state index contributed by atoms with van der Waals surface area (Å²) in [5, 5.41) is 28.5. The van der Waals surface area contributed by atoms with Gasteiger partial charge >= 0.3 is 5.97 Å². The number of aliphatic carboxylic acids is 1. The third kappa shape index (κ3) is 6.52. The van der Waals surface area contributed by atoms with Gasteiger partial charge in [0.05, 0.1) is 37.8 Å². The van der Waals surface area contributed by atoms with Crippen molar-refractivity contribution < 1.29 is 44.1 Å². The summed E-state index contributed by atoms with van der Waals surface area (Å²) >= 11 is 3.80. The van der Waals surface area contributed by atoms with Crippen LogP contribution in [0.2, 0.25) is 0 Å². The third-order valence-electron chi connectivity index (χ3n) is 4.41. The summed E-state index contributed by atoms with van der Waals surface area (Å²) in [5.74, 6) is -9.61. The summed E-state index contributed by atoms with van der Waals surface area (Å²) in [6.45, 7) is -2.23. The van der Waals surface area contributed by atoms with Gasteiger partial charge in [-0.05, 0) is 0 Å². The van der Waals surface area contributed by atoms with Gasteiger partial charge in [-0.3, -0.25) is 28.9 Å². The van der Waals surface area contributed by atoms with Crippen LogP contribution in [0.15, 0.2) is 0 Å². The second-order valence-electron chi connectivity index (χ2n) is 6.83. The standard InChI is InChI=1S/C16H28N6O9S/c17-6(1-11(21)26)13(28)22(14(29)8(19)4-24)16(15(30)31,12(27)7(18)3-23)2-10(25)9(20)5-32/h6-9,23-24,32H,1-5,17-20H2,(H2,21,26)(H,30,31). The number of hydrogen-bond acceptors (Lipinski definition) is 13. The van der Waals surface area contributed by atoms with Crippen molar-refractivity contribution in [1.82, 2.24) is 4.90 Å². The van der Waals surface area contributed by atoms with E-state index in [1.165, 1.54) is 0 Å². The summed E-state index contributed by atoms with van der Waals surface area (Å²) in [4.78, 5) is 74.7. The number of aliphatic hydroxyl groups excluding tert-OH is 2. The lowest BCUT2D eigenvalue weighted by Gasteiger charge is -2.40. The van der Waals surface area contributed by atoms with Gasteiger partial charge in [-0.25, -0.2) is 4.79 Å². The lowest BCUT2D eigenvalue weighted by atomic mass is 9.80. The second-order valence-corrected chi connectivity index (χ2v) is 7.19. The van der Waals surface area contributed by atoms with E-state index in [2.05, 4.69) is 12.6 Å². The van der Waals surface area contributed by atoms with Crippen LogP contribution < -0.4 is 28.7 Å². The van der Waals surface area contributed by atoms with Crippen LogP contribution in [-0.2, 0) is 28.8 Å². The van der Waals surface area contributed by atoms with Gasteiger partial charge in [0, 0.05) is 12.2 Å². The van der Waals surface area contributed by atoms with Gasteiger partial charge in [-0.2, -0.15) is 12.6 Å². The van der Waals surface area contributed by atoms with Gasteiger partial charge in [0.2, 0.25) is 23.3 Å². The molecule has 0 bridgehead atoms. The Balaban J connectivity index is 7.10. The Morgan fingerprint density at radius 3 is 1.69 bits per heavy atom. The van der Waals surface area contributed by atoms with Crippen LogP contribution in [0.25, 0.3) is 0 Å². The zero-order chi connectivity index (χ0) is 25.4. The number of ketones is 2. The number of carbonyl (C=O) groups excluding carboxylic acids is 5. The summed E-state index contributed by atoms with van der Waals surface area (Å²) in [6, 6.07) is -7.28. The SMILES string of the molecule is NC(=O)CC(N)C(=O)N(C(=O)C(N)CO)C(CC(=O)C(N)CS)(C(=O)O)C(=O)C(N)CO. The molecule has 13 N–H and O–H groups in total. The van der Waals surface area contributed by atoms with E-state index < -0.39 is 91.0 Å². The molecule has 15 nitrogen and oxygen atoms in total. The monoisotopic (exact) mass is 480 g/mol. The molecule has 182 valence electrons. The van der Waals surface area contributed by atoms with Gasteiger partial charge in [0.15, 0.2) is 11.6 Å². The number of Topliss-reactive ketones (excluding diaryl/α,β-unsaturated/α-hetero) is 2. The summed E-state index contributed by atoms with van der Waals surface area (Å²) < 4.78 is 0. The summed E-state index contributed by atoms with van der Waals surface area (Å²) in [5.41, 5.74) is 23.6. The van der Waals surface area contributed by atoms with Crippen molar-refractivity contribution in [2.75, 3.05) is 19.0 Å². The highest BCUT2D eigenvalue weighted by Gasteiger charge is 2.59. The Labute approximate surface area is 187 Å². The van der Waals surface area contributed by atoms with E-state index in [0.29, 0.717) is 0 Å². The first-order valence-corrected chi connectivity index (χ1v) is 9.67. The molecule has 3 amide bonds. The minimum atomic E-state index is -3.37. The average molecular weight is 481 g/mol. The van der Waals surface area contributed by atoms with Crippen molar-refractivity contribution in [1.29, 1.82) is 0 Å². The first-order chi connectivity index (χ1) is 14.7. The molecule has 0 spiro atoms. The fourth-order valence-corrected chi connectivity index (χ4v) is 2.83. The molecule has 0 aliphatic rings. The van der Waals surface area contributed by atoms with Crippen LogP contribution >= 0.6 is 12.6 Å². The Kier molecular flexibility index (Phi) is 11.6. The first kappa shape index (κ1) is 29.5. The van der Waals surface area contributed by atoms with Gasteiger partial charge in [-0.1, -0.05) is 0 Å². The predicted octanol–water partition coefficient (Wildman–Crippen LogP) is -6.21. The van der Waals surface area contributed by atoms with Crippen molar-refractivity contribution in [2.45, 2.75) is 42.5 Å². The molecule has 5 atom stereocenters. The number of aliphatic hydroxyl groups is 2. The van der Waals surface area contributed by atoms with E-state index in [0.717, 1.165) is 0 Å². The molecule has 0 heterocycles. The van der Waals surface area contributed by atoms with Gasteiger partial charge in [0.1, 0.15) is 6.04 Å². The van der Waals surface area contributed by atoms with Crippen LogP contribution in [-0.4, -0.2) is 104 Å². The first-order valence-electron chi connectivity index (χ1n) is 9.04. The Bertz CT molecular complexity index is 766. The van der Waals surface area contributed by atoms with Crippen molar-refractivity contribution in [2.24, 2.45) is 28.7 Å². The smallest absolute Gasteiger partial charge is 0.338 e. The van der Waals surface area contributed by atoms with E-state index in [-0.39, 0.29) is 10.7 Å². The average Bonchev–Trinajstić information content (AvgIpc) is 2.74. The molecule has 0 aromatic carbocycles. The lowest BCUT2D eigenvalue weighted by Crippen LogP contribution is -2.72. The van der Waals surface area contributed by atoms with Crippen molar-refractivity contribution in [3.63, 3.8) is 0 Å². The molecule has 32 heavy (non-hydrogen) atoms. The largest absolute Gasteiger partial charge is 0.479 e. The topological polar surface area (TPSA) is 296 Å². The van der Waals surface area contributed by atoms with E-state index in [9.17, 15) is 44.1 Å². The highest BCUT2D eigenvalue weighted by molar-refractivity contribution is 7.80. The summed E-state index contributed by atoms with van der Waals surface area (Å²) in [6.07, 6.45) is -2.26. The molecule has 0 aromatic heterocycles. The minimum Gasteiger partial charge on any atom is -0.479 e. The molecule has 0 fully saturated rings. The Hall–Kier alpha value is -2.47. The van der Waals surface area contributed by atoms with Gasteiger partial charge in [-0.15, -0.1) is 0 Å². The van der Waals surface area contributed by atoms with E-state index in [1.54, 1.807) is 0 Å². The van der Waals surface area contributed by atoms with Crippen LogP contribution in [0.4, 0.5) is 0 Å². The Morgan fingerprint density at radius 2 is 1.31 bits per heavy atom. The molecule has 0 aliphatic heterocycles. The van der Waals surface area contributed by atoms with Crippen LogP contribution in [0.5, 0.6) is 0 Å². The lowest BCUT2D eigenvalue weighted by molar-refractivity contribution is -0.174. The minimum absolute atomic E-state index is 0.231. The van der Waals surface area contributed by atoms with E-state index >= 15 is 0 Å². The predicted molar refractivity (Wildman–Crippen MR) is 111 cm³/mol. The number of nitrogens with two attached hydrogens (primary N) is 5. The van der Waals surface area contributed by atoms with Crippen LogP contribution in [0.1, 0.15) is 12.8 Å². The number of carboxylic acid groups (broad SMARTS) is 1. The maximum atomic E-state index is 13.0. The fraction of sp³-hybridized carbons (Fsp3) is 0.625. The number of thiol groups is 1. The number of primary amides is 1. The molecule has 0 saturated heterocycles. The molecule has 5 unspecified atom stereocenters. The van der Waals surface area contributed by atoms with E-state index in [1.807, 2.05) is 0 Å². The molecular weight excluding hydrogens is 452 g/mol.